The molecule has 2 aromatic carbocycles. The predicted molar refractivity (Wildman–Crippen MR) is 108 cm³/mol. The molecule has 0 aliphatic rings. The van der Waals surface area contributed by atoms with Crippen LogP contribution in [-0.4, -0.2) is 23.7 Å². The lowest BCUT2D eigenvalue weighted by Gasteiger charge is -2.13. The van der Waals surface area contributed by atoms with Crippen molar-refractivity contribution in [2.45, 2.75) is 32.5 Å². The summed E-state index contributed by atoms with van der Waals surface area (Å²) in [4.78, 5) is 12.5. The fourth-order valence-corrected chi connectivity index (χ4v) is 3.23. The van der Waals surface area contributed by atoms with Crippen LogP contribution in [0, 0.1) is 0 Å². The molecule has 3 rings (SSSR count). The number of fused-ring (bicyclic) bond motifs is 1. The summed E-state index contributed by atoms with van der Waals surface area (Å²) in [5, 5.41) is 13.9. The highest BCUT2D eigenvalue weighted by molar-refractivity contribution is 9.10. The van der Waals surface area contributed by atoms with Gasteiger partial charge in [-0.05, 0) is 53.9 Å². The summed E-state index contributed by atoms with van der Waals surface area (Å²) in [5.74, 6) is 0.365. The summed E-state index contributed by atoms with van der Waals surface area (Å²) in [6.45, 7) is 4.21. The Labute approximate surface area is 166 Å². The number of halogens is 1. The van der Waals surface area contributed by atoms with Crippen molar-refractivity contribution in [1.29, 1.82) is 0 Å². The standard InChI is InChI=1S/C21H22BrNO4/c1-13(2)26-18-10-15(11-19-16(18)12-20(22)27-19)21(25)23-9-8-17(24)14-6-4-3-5-7-14/h3-7,10-13,17,24H,8-9H2,1-2H3,(H,23,25). The molecule has 0 saturated heterocycles. The van der Waals surface area contributed by atoms with E-state index in [0.717, 1.165) is 10.9 Å². The zero-order chi connectivity index (χ0) is 19.4. The van der Waals surface area contributed by atoms with Crippen LogP contribution in [-0.2, 0) is 0 Å². The highest BCUT2D eigenvalue weighted by atomic mass is 79.9. The molecule has 5 nitrogen and oxygen atoms in total. The number of nitrogens with one attached hydrogen (secondary N) is 1. The van der Waals surface area contributed by atoms with Crippen LogP contribution in [0.25, 0.3) is 11.0 Å². The molecule has 142 valence electrons. The van der Waals surface area contributed by atoms with Crippen molar-refractivity contribution < 1.29 is 19.1 Å². The topological polar surface area (TPSA) is 71.7 Å². The molecule has 1 atom stereocenters. The lowest BCUT2D eigenvalue weighted by Crippen LogP contribution is -2.25. The quantitative estimate of drug-likeness (QED) is 0.561. The number of carbonyl (C=O) groups is 1. The lowest BCUT2D eigenvalue weighted by molar-refractivity contribution is 0.0942. The monoisotopic (exact) mass is 431 g/mol. The fourth-order valence-electron chi connectivity index (χ4n) is 2.82. The molecule has 27 heavy (non-hydrogen) atoms. The molecule has 2 N–H and O–H groups in total. The Kier molecular flexibility index (Phi) is 6.19. The van der Waals surface area contributed by atoms with Crippen molar-refractivity contribution >= 4 is 32.8 Å². The molecule has 0 fully saturated rings. The van der Waals surface area contributed by atoms with E-state index < -0.39 is 6.10 Å². The molecule has 1 unspecified atom stereocenters. The third-order valence-corrected chi connectivity index (χ3v) is 4.47. The Morgan fingerprint density at radius 1 is 1.22 bits per heavy atom. The first-order chi connectivity index (χ1) is 12.9. The van der Waals surface area contributed by atoms with E-state index in [-0.39, 0.29) is 12.0 Å². The van der Waals surface area contributed by atoms with Gasteiger partial charge in [0.25, 0.3) is 5.91 Å². The molecular formula is C21H22BrNO4. The SMILES string of the molecule is CC(C)Oc1cc(C(=O)NCCC(O)c2ccccc2)cc2oc(Br)cc12. The van der Waals surface area contributed by atoms with Crippen molar-refractivity contribution in [3.05, 3.63) is 64.3 Å². The van der Waals surface area contributed by atoms with Crippen LogP contribution in [0.4, 0.5) is 0 Å². The van der Waals surface area contributed by atoms with Gasteiger partial charge in [-0.1, -0.05) is 30.3 Å². The molecule has 0 bridgehead atoms. The fraction of sp³-hybridized carbons (Fsp3) is 0.286. The average molecular weight is 432 g/mol. The molecule has 0 aliphatic carbocycles. The van der Waals surface area contributed by atoms with Gasteiger partial charge >= 0.3 is 0 Å². The van der Waals surface area contributed by atoms with Gasteiger partial charge in [0.2, 0.25) is 0 Å². The molecule has 6 heteroatoms. The van der Waals surface area contributed by atoms with Gasteiger partial charge in [-0.25, -0.2) is 0 Å². The van der Waals surface area contributed by atoms with Gasteiger partial charge < -0.3 is 19.6 Å². The number of hydrogen-bond acceptors (Lipinski definition) is 4. The zero-order valence-corrected chi connectivity index (χ0v) is 16.8. The van der Waals surface area contributed by atoms with E-state index in [9.17, 15) is 9.90 Å². The number of amides is 1. The number of aliphatic hydroxyl groups excluding tert-OH is 1. The first kappa shape index (κ1) is 19.5. The number of benzene rings is 2. The van der Waals surface area contributed by atoms with E-state index in [1.807, 2.05) is 50.2 Å². The van der Waals surface area contributed by atoms with E-state index in [1.54, 1.807) is 12.1 Å². The van der Waals surface area contributed by atoms with Crippen LogP contribution in [0.3, 0.4) is 0 Å². The van der Waals surface area contributed by atoms with Crippen molar-refractivity contribution in [2.75, 3.05) is 6.54 Å². The number of rotatable bonds is 7. The minimum Gasteiger partial charge on any atom is -0.490 e. The average Bonchev–Trinajstić information content (AvgIpc) is 3.02. The normalized spacial score (nSPS) is 12.3. The maximum Gasteiger partial charge on any atom is 0.251 e. The van der Waals surface area contributed by atoms with Crippen LogP contribution in [0.5, 0.6) is 5.75 Å². The molecule has 1 heterocycles. The van der Waals surface area contributed by atoms with Crippen LogP contribution in [0.2, 0.25) is 0 Å². The minimum absolute atomic E-state index is 0.0267. The molecule has 0 aliphatic heterocycles. The maximum absolute atomic E-state index is 12.5. The van der Waals surface area contributed by atoms with Gasteiger partial charge in [-0.3, -0.25) is 4.79 Å². The largest absolute Gasteiger partial charge is 0.490 e. The van der Waals surface area contributed by atoms with E-state index in [0.29, 0.717) is 34.5 Å². The lowest BCUT2D eigenvalue weighted by atomic mass is 10.1. The van der Waals surface area contributed by atoms with E-state index in [2.05, 4.69) is 21.2 Å². The molecule has 1 aromatic heterocycles. The van der Waals surface area contributed by atoms with E-state index in [4.69, 9.17) is 9.15 Å². The highest BCUT2D eigenvalue weighted by Gasteiger charge is 2.16. The minimum atomic E-state index is -0.616. The second-order valence-electron chi connectivity index (χ2n) is 6.57. The molecule has 0 radical (unpaired) electrons. The van der Waals surface area contributed by atoms with Gasteiger partial charge in [0.1, 0.15) is 11.3 Å². The Morgan fingerprint density at radius 2 is 1.96 bits per heavy atom. The Balaban J connectivity index is 1.69. The van der Waals surface area contributed by atoms with Gasteiger partial charge in [0.15, 0.2) is 4.67 Å². The predicted octanol–water partition coefficient (Wildman–Crippen LogP) is 4.84. The summed E-state index contributed by atoms with van der Waals surface area (Å²) < 4.78 is 12.0. The van der Waals surface area contributed by atoms with Gasteiger partial charge in [-0.2, -0.15) is 0 Å². The van der Waals surface area contributed by atoms with E-state index >= 15 is 0 Å². The number of aliphatic hydroxyl groups is 1. The highest BCUT2D eigenvalue weighted by Crippen LogP contribution is 2.33. The molecule has 1 amide bonds. The number of carbonyl (C=O) groups excluding carboxylic acids is 1. The van der Waals surface area contributed by atoms with Crippen molar-refractivity contribution in [3.63, 3.8) is 0 Å². The Bertz CT molecular complexity index is 921. The summed E-state index contributed by atoms with van der Waals surface area (Å²) in [7, 11) is 0. The van der Waals surface area contributed by atoms with Gasteiger partial charge in [0.05, 0.1) is 17.6 Å². The van der Waals surface area contributed by atoms with Crippen molar-refractivity contribution in [1.82, 2.24) is 5.32 Å². The Morgan fingerprint density at radius 3 is 2.67 bits per heavy atom. The van der Waals surface area contributed by atoms with Crippen LogP contribution < -0.4 is 10.1 Å². The molecule has 0 spiro atoms. The first-order valence-electron chi connectivity index (χ1n) is 8.85. The second kappa shape index (κ2) is 8.59. The van der Waals surface area contributed by atoms with E-state index in [1.165, 1.54) is 0 Å². The third kappa shape index (κ3) is 4.90. The maximum atomic E-state index is 12.5. The van der Waals surface area contributed by atoms with Crippen molar-refractivity contribution in [2.24, 2.45) is 0 Å². The summed E-state index contributed by atoms with van der Waals surface area (Å²) in [6, 6.07) is 14.6. The third-order valence-electron chi connectivity index (χ3n) is 4.08. The number of hydrogen-bond donors (Lipinski definition) is 2. The number of ether oxygens (including phenoxy) is 1. The van der Waals surface area contributed by atoms with Gasteiger partial charge in [0, 0.05) is 18.2 Å². The van der Waals surface area contributed by atoms with Crippen LogP contribution in [0.1, 0.15) is 42.3 Å². The number of furan rings is 1. The Hall–Kier alpha value is -2.31. The molecule has 3 aromatic rings. The van der Waals surface area contributed by atoms with Crippen molar-refractivity contribution in [3.8, 4) is 5.75 Å². The smallest absolute Gasteiger partial charge is 0.251 e. The van der Waals surface area contributed by atoms with Crippen LogP contribution >= 0.6 is 15.9 Å². The van der Waals surface area contributed by atoms with Gasteiger partial charge in [-0.15, -0.1) is 0 Å². The second-order valence-corrected chi connectivity index (χ2v) is 7.36. The van der Waals surface area contributed by atoms with Crippen LogP contribution in [0.15, 0.2) is 57.6 Å². The molecule has 0 saturated carbocycles. The summed E-state index contributed by atoms with van der Waals surface area (Å²) in [6.07, 6.45) is -0.212. The first-order valence-corrected chi connectivity index (χ1v) is 9.64. The zero-order valence-electron chi connectivity index (χ0n) is 15.2. The summed E-state index contributed by atoms with van der Waals surface area (Å²) in [5.41, 5.74) is 1.87. The molecular weight excluding hydrogens is 410 g/mol. The summed E-state index contributed by atoms with van der Waals surface area (Å²) >= 11 is 3.32.